The van der Waals surface area contributed by atoms with Gasteiger partial charge in [0.25, 0.3) is 0 Å². The van der Waals surface area contributed by atoms with Crippen molar-refractivity contribution in [1.29, 1.82) is 0 Å². The maximum atomic E-state index is 4.45. The second-order valence-electron chi connectivity index (χ2n) is 7.46. The molecule has 0 bridgehead atoms. The molecule has 1 atom stereocenters. The highest BCUT2D eigenvalue weighted by atomic mass is 32.1. The first kappa shape index (κ1) is 16.9. The Labute approximate surface area is 134 Å². The van der Waals surface area contributed by atoms with Crippen LogP contribution in [0.4, 0.5) is 0 Å². The lowest BCUT2D eigenvalue weighted by Crippen LogP contribution is -2.32. The van der Waals surface area contributed by atoms with E-state index in [0.29, 0.717) is 6.04 Å². The monoisotopic (exact) mass is 309 g/mol. The molecule has 21 heavy (non-hydrogen) atoms. The van der Waals surface area contributed by atoms with Crippen LogP contribution in [-0.4, -0.2) is 16.1 Å². The van der Waals surface area contributed by atoms with Crippen LogP contribution in [0.5, 0.6) is 0 Å². The molecule has 0 amide bonds. The first-order valence-electron chi connectivity index (χ1n) is 8.53. The molecule has 120 valence electrons. The van der Waals surface area contributed by atoms with Crippen molar-refractivity contribution in [2.24, 2.45) is 11.8 Å². The van der Waals surface area contributed by atoms with Crippen LogP contribution in [0.25, 0.3) is 0 Å². The van der Waals surface area contributed by atoms with Crippen LogP contribution < -0.4 is 5.32 Å². The predicted molar refractivity (Wildman–Crippen MR) is 90.8 cm³/mol. The highest BCUT2D eigenvalue weighted by Gasteiger charge is 2.33. The summed E-state index contributed by atoms with van der Waals surface area (Å²) < 4.78 is 4.27. The molecule has 3 nitrogen and oxygen atoms in total. The van der Waals surface area contributed by atoms with E-state index in [9.17, 15) is 0 Å². The molecular weight excluding hydrogens is 278 g/mol. The van der Waals surface area contributed by atoms with E-state index < -0.39 is 0 Å². The highest BCUT2D eigenvalue weighted by Crippen LogP contribution is 2.41. The van der Waals surface area contributed by atoms with Crippen molar-refractivity contribution in [3.05, 3.63) is 10.6 Å². The van der Waals surface area contributed by atoms with Crippen LogP contribution in [0.3, 0.4) is 0 Å². The standard InChI is InChI=1S/C17H31N3S/c1-6-12-8-10-13(11-9-12)14(18-7-2)15-16(17(3,4)5)19-20-21-15/h12-14,18H,6-11H2,1-5H3. The van der Waals surface area contributed by atoms with Crippen molar-refractivity contribution >= 4 is 11.5 Å². The third kappa shape index (κ3) is 4.04. The van der Waals surface area contributed by atoms with Crippen LogP contribution >= 0.6 is 11.5 Å². The van der Waals surface area contributed by atoms with Crippen molar-refractivity contribution in [1.82, 2.24) is 14.9 Å². The maximum absolute atomic E-state index is 4.45. The van der Waals surface area contributed by atoms with E-state index in [-0.39, 0.29) is 5.41 Å². The van der Waals surface area contributed by atoms with E-state index in [1.807, 2.05) is 0 Å². The van der Waals surface area contributed by atoms with Crippen LogP contribution in [0.1, 0.15) is 83.3 Å². The number of hydrogen-bond donors (Lipinski definition) is 1. The van der Waals surface area contributed by atoms with Gasteiger partial charge >= 0.3 is 0 Å². The Balaban J connectivity index is 2.18. The molecule has 1 aromatic rings. The largest absolute Gasteiger partial charge is 0.309 e. The molecule has 1 aromatic heterocycles. The molecule has 1 fully saturated rings. The summed E-state index contributed by atoms with van der Waals surface area (Å²) in [6.07, 6.45) is 6.81. The van der Waals surface area contributed by atoms with Crippen molar-refractivity contribution < 1.29 is 0 Å². The van der Waals surface area contributed by atoms with E-state index >= 15 is 0 Å². The average molecular weight is 310 g/mol. The normalized spacial score (nSPS) is 25.0. The average Bonchev–Trinajstić information content (AvgIpc) is 2.94. The summed E-state index contributed by atoms with van der Waals surface area (Å²) in [6.45, 7) is 12.3. The summed E-state index contributed by atoms with van der Waals surface area (Å²) in [6, 6.07) is 0.446. The molecule has 4 heteroatoms. The molecule has 1 aliphatic rings. The second kappa shape index (κ2) is 7.19. The molecule has 2 rings (SSSR count). The number of rotatable bonds is 5. The molecule has 1 aliphatic carbocycles. The molecule has 0 saturated heterocycles. The summed E-state index contributed by atoms with van der Waals surface area (Å²) >= 11 is 1.60. The summed E-state index contributed by atoms with van der Waals surface area (Å²) in [5.41, 5.74) is 1.27. The molecule has 0 spiro atoms. The summed E-state index contributed by atoms with van der Waals surface area (Å²) in [7, 11) is 0. The van der Waals surface area contributed by atoms with Crippen LogP contribution in [-0.2, 0) is 5.41 Å². The van der Waals surface area contributed by atoms with E-state index in [0.717, 1.165) is 18.4 Å². The minimum absolute atomic E-state index is 0.0800. The molecule has 0 aromatic carbocycles. The van der Waals surface area contributed by atoms with Crippen molar-refractivity contribution in [3.63, 3.8) is 0 Å². The van der Waals surface area contributed by atoms with Crippen LogP contribution in [0, 0.1) is 11.8 Å². The second-order valence-corrected chi connectivity index (χ2v) is 8.25. The zero-order chi connectivity index (χ0) is 15.5. The number of nitrogens with one attached hydrogen (secondary N) is 1. The highest BCUT2D eigenvalue weighted by molar-refractivity contribution is 7.05. The van der Waals surface area contributed by atoms with Gasteiger partial charge in [-0.3, -0.25) is 0 Å². The van der Waals surface area contributed by atoms with Crippen molar-refractivity contribution in [2.75, 3.05) is 6.54 Å². The Morgan fingerprint density at radius 1 is 1.19 bits per heavy atom. The lowest BCUT2D eigenvalue weighted by Gasteiger charge is -2.34. The Kier molecular flexibility index (Phi) is 5.78. The van der Waals surface area contributed by atoms with E-state index in [1.165, 1.54) is 42.7 Å². The number of nitrogens with zero attached hydrogens (tertiary/aromatic N) is 2. The fraction of sp³-hybridized carbons (Fsp3) is 0.882. The third-order valence-electron chi connectivity index (χ3n) is 4.87. The minimum Gasteiger partial charge on any atom is -0.309 e. The Bertz CT molecular complexity index is 427. The van der Waals surface area contributed by atoms with Gasteiger partial charge in [0.05, 0.1) is 10.6 Å². The fourth-order valence-electron chi connectivity index (χ4n) is 3.54. The predicted octanol–water partition coefficient (Wildman–Crippen LogP) is 4.70. The molecular formula is C17H31N3S. The first-order valence-corrected chi connectivity index (χ1v) is 9.30. The first-order chi connectivity index (χ1) is 9.97. The summed E-state index contributed by atoms with van der Waals surface area (Å²) in [5, 5.41) is 8.18. The maximum Gasteiger partial charge on any atom is 0.0857 e. The van der Waals surface area contributed by atoms with Crippen LogP contribution in [0.2, 0.25) is 0 Å². The third-order valence-corrected chi connectivity index (χ3v) is 5.68. The Hall–Kier alpha value is -0.480. The topological polar surface area (TPSA) is 37.8 Å². The van der Waals surface area contributed by atoms with Gasteiger partial charge in [0, 0.05) is 11.5 Å². The SMILES string of the molecule is CCNC(c1snnc1C(C)(C)C)C1CCC(CC)CC1. The van der Waals surface area contributed by atoms with Crippen molar-refractivity contribution in [2.45, 2.75) is 78.2 Å². The van der Waals surface area contributed by atoms with Gasteiger partial charge in [-0.25, -0.2) is 0 Å². The quantitative estimate of drug-likeness (QED) is 0.856. The zero-order valence-electron chi connectivity index (χ0n) is 14.3. The summed E-state index contributed by atoms with van der Waals surface area (Å²) in [4.78, 5) is 1.38. The molecule has 0 aliphatic heterocycles. The fourth-order valence-corrected chi connectivity index (χ4v) is 4.58. The van der Waals surface area contributed by atoms with Gasteiger partial charge in [-0.05, 0) is 42.8 Å². The zero-order valence-corrected chi connectivity index (χ0v) is 15.1. The Morgan fingerprint density at radius 3 is 2.38 bits per heavy atom. The minimum atomic E-state index is 0.0800. The number of aromatic nitrogens is 2. The van der Waals surface area contributed by atoms with E-state index in [2.05, 4.69) is 49.5 Å². The van der Waals surface area contributed by atoms with Crippen molar-refractivity contribution in [3.8, 4) is 0 Å². The van der Waals surface area contributed by atoms with Gasteiger partial charge in [0.1, 0.15) is 0 Å². The molecule has 1 heterocycles. The summed E-state index contributed by atoms with van der Waals surface area (Å²) in [5.74, 6) is 1.70. The van der Waals surface area contributed by atoms with Gasteiger partial charge in [0.2, 0.25) is 0 Å². The van der Waals surface area contributed by atoms with Gasteiger partial charge in [-0.2, -0.15) is 0 Å². The molecule has 1 saturated carbocycles. The van der Waals surface area contributed by atoms with Gasteiger partial charge < -0.3 is 5.32 Å². The van der Waals surface area contributed by atoms with Gasteiger partial charge in [-0.1, -0.05) is 58.4 Å². The molecule has 1 N–H and O–H groups in total. The Morgan fingerprint density at radius 2 is 1.86 bits per heavy atom. The smallest absolute Gasteiger partial charge is 0.0857 e. The lowest BCUT2D eigenvalue weighted by molar-refractivity contribution is 0.220. The molecule has 1 unspecified atom stereocenters. The van der Waals surface area contributed by atoms with Gasteiger partial charge in [-0.15, -0.1) is 5.10 Å². The van der Waals surface area contributed by atoms with Gasteiger partial charge in [0.15, 0.2) is 0 Å². The lowest BCUT2D eigenvalue weighted by atomic mass is 9.76. The van der Waals surface area contributed by atoms with Crippen LogP contribution in [0.15, 0.2) is 0 Å². The van der Waals surface area contributed by atoms with E-state index in [4.69, 9.17) is 0 Å². The number of hydrogen-bond acceptors (Lipinski definition) is 4. The van der Waals surface area contributed by atoms with E-state index in [1.54, 1.807) is 11.5 Å². The molecule has 0 radical (unpaired) electrons.